The molecule has 116 valence electrons. The third-order valence-corrected chi connectivity index (χ3v) is 3.15. The second-order valence-electron chi connectivity index (χ2n) is 6.68. The lowest BCUT2D eigenvalue weighted by atomic mass is 9.98. The van der Waals surface area contributed by atoms with Gasteiger partial charge in [0.25, 0.3) is 0 Å². The van der Waals surface area contributed by atoms with Crippen molar-refractivity contribution in [1.29, 1.82) is 0 Å². The number of amides is 1. The summed E-state index contributed by atoms with van der Waals surface area (Å²) in [5.74, 6) is -1.04. The van der Waals surface area contributed by atoms with E-state index in [0.29, 0.717) is 0 Å². The van der Waals surface area contributed by atoms with Gasteiger partial charge in [-0.15, -0.1) is 0 Å². The molecule has 0 aromatic rings. The third-order valence-electron chi connectivity index (χ3n) is 3.15. The van der Waals surface area contributed by atoms with Gasteiger partial charge in [0.1, 0.15) is 11.1 Å². The van der Waals surface area contributed by atoms with Crippen LogP contribution in [-0.4, -0.2) is 52.0 Å². The quantitative estimate of drug-likeness (QED) is 0.861. The van der Waals surface area contributed by atoms with Crippen LogP contribution in [0, 0.1) is 0 Å². The van der Waals surface area contributed by atoms with E-state index in [4.69, 9.17) is 9.47 Å². The average molecular weight is 287 g/mol. The Balaban J connectivity index is 2.91. The Morgan fingerprint density at radius 2 is 1.90 bits per heavy atom. The maximum Gasteiger partial charge on any atom is 0.411 e. The van der Waals surface area contributed by atoms with Gasteiger partial charge in [-0.3, -0.25) is 4.90 Å². The monoisotopic (exact) mass is 287 g/mol. The van der Waals surface area contributed by atoms with E-state index in [0.717, 1.165) is 0 Å². The highest BCUT2D eigenvalue weighted by Crippen LogP contribution is 2.33. The van der Waals surface area contributed by atoms with Crippen LogP contribution < -0.4 is 0 Å². The Hall–Kier alpha value is -1.30. The summed E-state index contributed by atoms with van der Waals surface area (Å²) in [5, 5.41) is 9.44. The molecule has 0 unspecified atom stereocenters. The number of hydrogen-bond acceptors (Lipinski definition) is 4. The third kappa shape index (κ3) is 3.85. The van der Waals surface area contributed by atoms with E-state index >= 15 is 0 Å². The number of aliphatic carboxylic acids is 1. The highest BCUT2D eigenvalue weighted by molar-refractivity contribution is 5.85. The fourth-order valence-corrected chi connectivity index (χ4v) is 2.30. The number of carbonyl (C=O) groups is 2. The zero-order valence-electron chi connectivity index (χ0n) is 13.1. The highest BCUT2D eigenvalue weighted by Gasteiger charge is 2.52. The molecule has 0 aromatic heterocycles. The van der Waals surface area contributed by atoms with Gasteiger partial charge < -0.3 is 14.6 Å². The van der Waals surface area contributed by atoms with Gasteiger partial charge in [-0.1, -0.05) is 0 Å². The van der Waals surface area contributed by atoms with Crippen LogP contribution in [0.2, 0.25) is 0 Å². The molecule has 1 fully saturated rings. The number of hydrogen-bond donors (Lipinski definition) is 1. The molecule has 0 aromatic carbocycles. The van der Waals surface area contributed by atoms with E-state index in [2.05, 4.69) is 0 Å². The van der Waals surface area contributed by atoms with Gasteiger partial charge in [0.05, 0.1) is 18.8 Å². The van der Waals surface area contributed by atoms with Gasteiger partial charge in [-0.25, -0.2) is 9.59 Å². The first-order valence-electron chi connectivity index (χ1n) is 6.85. The first-order valence-corrected chi connectivity index (χ1v) is 6.85. The van der Waals surface area contributed by atoms with Gasteiger partial charge in [0.2, 0.25) is 0 Å². The number of ether oxygens (including phenoxy) is 2. The fraction of sp³-hybridized carbons (Fsp3) is 0.857. The van der Waals surface area contributed by atoms with Crippen molar-refractivity contribution in [2.24, 2.45) is 0 Å². The normalized spacial score (nSPS) is 26.9. The summed E-state index contributed by atoms with van der Waals surface area (Å²) in [6.45, 7) is 10.8. The van der Waals surface area contributed by atoms with E-state index < -0.39 is 23.2 Å². The first-order chi connectivity index (χ1) is 8.95. The summed E-state index contributed by atoms with van der Waals surface area (Å²) in [6, 6.07) is 0. The molecular formula is C14H25NO5. The molecule has 1 aliphatic heterocycles. The van der Waals surface area contributed by atoms with Gasteiger partial charge >= 0.3 is 12.1 Å². The van der Waals surface area contributed by atoms with E-state index in [1.165, 1.54) is 11.8 Å². The zero-order valence-corrected chi connectivity index (χ0v) is 13.1. The van der Waals surface area contributed by atoms with Crippen LogP contribution in [0.25, 0.3) is 0 Å². The molecule has 6 nitrogen and oxygen atoms in total. The van der Waals surface area contributed by atoms with Crippen LogP contribution in [0.4, 0.5) is 4.79 Å². The molecule has 2 atom stereocenters. The number of carbonyl (C=O) groups excluding carboxylic acids is 1. The minimum atomic E-state index is -1.29. The Morgan fingerprint density at radius 3 is 2.30 bits per heavy atom. The SMILES string of the molecule is CC(C)O[C@@H]1CN(C(=O)OC(C)(C)C)[C@](C)(C(=O)O)C1. The second kappa shape index (κ2) is 5.60. The first kappa shape index (κ1) is 16.8. The van der Waals surface area contributed by atoms with Crippen molar-refractivity contribution in [3.05, 3.63) is 0 Å². The Morgan fingerprint density at radius 1 is 1.35 bits per heavy atom. The zero-order chi connectivity index (χ0) is 15.7. The fourth-order valence-electron chi connectivity index (χ4n) is 2.30. The van der Waals surface area contributed by atoms with Crippen molar-refractivity contribution in [1.82, 2.24) is 4.90 Å². The summed E-state index contributed by atoms with van der Waals surface area (Å²) < 4.78 is 10.9. The summed E-state index contributed by atoms with van der Waals surface area (Å²) >= 11 is 0. The van der Waals surface area contributed by atoms with Crippen molar-refractivity contribution < 1.29 is 24.2 Å². The summed E-state index contributed by atoms with van der Waals surface area (Å²) in [5.41, 5.74) is -1.95. The minimum absolute atomic E-state index is 0.0170. The van der Waals surface area contributed by atoms with Gasteiger partial charge in [-0.2, -0.15) is 0 Å². The molecule has 6 heteroatoms. The van der Waals surface area contributed by atoms with Crippen LogP contribution in [-0.2, 0) is 14.3 Å². The summed E-state index contributed by atoms with van der Waals surface area (Å²) in [6.07, 6.45) is -0.655. The predicted octanol–water partition coefficient (Wildman–Crippen LogP) is 2.26. The van der Waals surface area contributed by atoms with Crippen molar-refractivity contribution in [3.63, 3.8) is 0 Å². The Bertz CT molecular complexity index is 388. The molecule has 0 aliphatic carbocycles. The van der Waals surface area contributed by atoms with Crippen LogP contribution in [0.15, 0.2) is 0 Å². The molecule has 0 radical (unpaired) electrons. The molecule has 0 bridgehead atoms. The molecule has 1 N–H and O–H groups in total. The molecular weight excluding hydrogens is 262 g/mol. The lowest BCUT2D eigenvalue weighted by molar-refractivity contribution is -0.148. The Labute approximate surface area is 120 Å². The Kier molecular flexibility index (Phi) is 4.69. The summed E-state index contributed by atoms with van der Waals surface area (Å²) in [7, 11) is 0. The van der Waals surface area contributed by atoms with Gasteiger partial charge in [0, 0.05) is 6.42 Å². The van der Waals surface area contributed by atoms with Gasteiger partial charge in [0.15, 0.2) is 0 Å². The standard InChI is InChI=1S/C14H25NO5/c1-9(2)19-10-7-14(6,11(16)17)15(8-10)12(18)20-13(3,4)5/h9-10H,7-8H2,1-6H3,(H,16,17)/t10-,14-/m0/s1. The lowest BCUT2D eigenvalue weighted by Crippen LogP contribution is -2.52. The average Bonchev–Trinajstić information content (AvgIpc) is 2.53. The molecule has 20 heavy (non-hydrogen) atoms. The molecule has 1 saturated heterocycles. The van der Waals surface area contributed by atoms with E-state index in [1.54, 1.807) is 20.8 Å². The smallest absolute Gasteiger partial charge is 0.411 e. The van der Waals surface area contributed by atoms with Crippen LogP contribution in [0.5, 0.6) is 0 Å². The lowest BCUT2D eigenvalue weighted by Gasteiger charge is -2.32. The van der Waals surface area contributed by atoms with Crippen LogP contribution in [0.3, 0.4) is 0 Å². The topological polar surface area (TPSA) is 76.1 Å². The van der Waals surface area contributed by atoms with E-state index in [-0.39, 0.29) is 25.2 Å². The predicted molar refractivity (Wildman–Crippen MR) is 73.6 cm³/mol. The second-order valence-corrected chi connectivity index (χ2v) is 6.68. The summed E-state index contributed by atoms with van der Waals surface area (Å²) in [4.78, 5) is 25.0. The van der Waals surface area contributed by atoms with Crippen LogP contribution >= 0.6 is 0 Å². The molecule has 1 aliphatic rings. The van der Waals surface area contributed by atoms with E-state index in [9.17, 15) is 14.7 Å². The minimum Gasteiger partial charge on any atom is -0.480 e. The van der Waals surface area contributed by atoms with Crippen molar-refractivity contribution in [3.8, 4) is 0 Å². The molecule has 0 saturated carbocycles. The number of carboxylic acid groups (broad SMARTS) is 1. The number of likely N-dealkylation sites (tertiary alicyclic amines) is 1. The molecule has 1 heterocycles. The van der Waals surface area contributed by atoms with Crippen molar-refractivity contribution in [2.45, 2.75) is 71.3 Å². The molecule has 1 rings (SSSR count). The van der Waals surface area contributed by atoms with Crippen LogP contribution in [0.1, 0.15) is 48.0 Å². The van der Waals surface area contributed by atoms with E-state index in [1.807, 2.05) is 13.8 Å². The highest BCUT2D eigenvalue weighted by atomic mass is 16.6. The molecule has 0 spiro atoms. The number of carboxylic acids is 1. The van der Waals surface area contributed by atoms with Gasteiger partial charge in [-0.05, 0) is 41.5 Å². The maximum atomic E-state index is 12.2. The number of rotatable bonds is 3. The van der Waals surface area contributed by atoms with Crippen molar-refractivity contribution >= 4 is 12.1 Å². The maximum absolute atomic E-state index is 12.2. The number of nitrogens with zero attached hydrogens (tertiary/aromatic N) is 1. The molecule has 1 amide bonds. The largest absolute Gasteiger partial charge is 0.480 e. The van der Waals surface area contributed by atoms with Crippen molar-refractivity contribution in [2.75, 3.05) is 6.54 Å².